The zero-order valence-corrected chi connectivity index (χ0v) is 25.4. The zero-order valence-electron chi connectivity index (χ0n) is 23.9. The molecule has 13 nitrogen and oxygen atoms in total. The number of alkyl halides is 6. The van der Waals surface area contributed by atoms with Gasteiger partial charge in [-0.3, -0.25) is 25.0 Å². The predicted octanol–water partition coefficient (Wildman–Crippen LogP) is 2.88. The van der Waals surface area contributed by atoms with Crippen LogP contribution in [0, 0.1) is 5.92 Å². The van der Waals surface area contributed by atoms with Crippen molar-refractivity contribution < 1.29 is 60.5 Å². The first-order chi connectivity index (χ1) is 21.2. The molecule has 0 radical (unpaired) electrons. The number of halogens is 8. The second kappa shape index (κ2) is 18.3. The van der Waals surface area contributed by atoms with Crippen molar-refractivity contribution in [3.05, 3.63) is 28.2 Å². The standard InChI is InChI=1S/C21H28Cl2N6O3.2C2HF3O2/c1-29(17-12-26-21(28-20(17)32)27-19(31)13-3-4-13)18(30)7-10-24-8-2-9-25-14-5-6-15(22)16(23)11-14;2*3-2(4,5)1(6)7/h5-6,11,13,17,24-25H,2-4,7-10,12H2,1H3,(H2,26,27,28,31,32);2*(H,6,7). The number of aliphatic imine (C=N–C) groups is 1. The van der Waals surface area contributed by atoms with E-state index in [1.807, 2.05) is 6.07 Å². The van der Waals surface area contributed by atoms with Crippen LogP contribution in [0.25, 0.3) is 0 Å². The minimum absolute atomic E-state index is 0.0239. The number of hydrogen-bond donors (Lipinski definition) is 6. The van der Waals surface area contributed by atoms with Crippen LogP contribution in [0.1, 0.15) is 25.7 Å². The minimum atomic E-state index is -5.08. The van der Waals surface area contributed by atoms with Crippen molar-refractivity contribution in [2.24, 2.45) is 10.9 Å². The number of carboxylic acids is 2. The first-order valence-electron chi connectivity index (χ1n) is 13.2. The van der Waals surface area contributed by atoms with E-state index in [2.05, 4.69) is 26.3 Å². The highest BCUT2D eigenvalue weighted by atomic mass is 35.5. The van der Waals surface area contributed by atoms with Crippen LogP contribution in [0.3, 0.4) is 0 Å². The Bertz CT molecular complexity index is 1250. The highest BCUT2D eigenvalue weighted by Crippen LogP contribution is 2.28. The average molecular weight is 711 g/mol. The number of benzene rings is 1. The van der Waals surface area contributed by atoms with Crippen molar-refractivity contribution in [1.29, 1.82) is 0 Å². The number of nitrogens with zero attached hydrogens (tertiary/aromatic N) is 2. The molecule has 1 aromatic carbocycles. The van der Waals surface area contributed by atoms with Gasteiger partial charge in [-0.25, -0.2) is 14.6 Å². The van der Waals surface area contributed by atoms with Crippen LogP contribution in [0.15, 0.2) is 23.2 Å². The van der Waals surface area contributed by atoms with Crippen LogP contribution in [-0.4, -0.2) is 102 Å². The average Bonchev–Trinajstić information content (AvgIpc) is 3.80. The molecule has 0 spiro atoms. The van der Waals surface area contributed by atoms with E-state index in [9.17, 15) is 40.7 Å². The van der Waals surface area contributed by atoms with Gasteiger partial charge in [0, 0.05) is 38.2 Å². The van der Waals surface area contributed by atoms with Crippen molar-refractivity contribution >= 4 is 64.5 Å². The summed E-state index contributed by atoms with van der Waals surface area (Å²) in [7, 11) is 1.59. The lowest BCUT2D eigenvalue weighted by Crippen LogP contribution is -2.57. The van der Waals surface area contributed by atoms with E-state index in [1.165, 1.54) is 4.90 Å². The van der Waals surface area contributed by atoms with Gasteiger partial charge in [-0.2, -0.15) is 26.3 Å². The van der Waals surface area contributed by atoms with E-state index >= 15 is 0 Å². The number of amides is 3. The molecule has 46 heavy (non-hydrogen) atoms. The van der Waals surface area contributed by atoms with Gasteiger partial charge < -0.3 is 25.7 Å². The van der Waals surface area contributed by atoms with Gasteiger partial charge in [0.05, 0.1) is 16.6 Å². The maximum atomic E-state index is 12.4. The van der Waals surface area contributed by atoms with Crippen molar-refractivity contribution in [3.8, 4) is 0 Å². The summed E-state index contributed by atoms with van der Waals surface area (Å²) in [5, 5.41) is 27.0. The molecule has 1 aliphatic carbocycles. The second-order valence-corrected chi connectivity index (χ2v) is 10.3. The Kier molecular flexibility index (Phi) is 16.0. The highest BCUT2D eigenvalue weighted by Gasteiger charge is 2.39. The van der Waals surface area contributed by atoms with Crippen LogP contribution in [0.5, 0.6) is 0 Å². The third-order valence-electron chi connectivity index (χ3n) is 5.80. The van der Waals surface area contributed by atoms with Gasteiger partial charge in [-0.15, -0.1) is 0 Å². The molecule has 1 fully saturated rings. The van der Waals surface area contributed by atoms with Gasteiger partial charge in [0.1, 0.15) is 6.04 Å². The summed E-state index contributed by atoms with van der Waals surface area (Å²) in [6.45, 7) is 2.13. The maximum Gasteiger partial charge on any atom is 0.490 e. The third-order valence-corrected chi connectivity index (χ3v) is 6.54. The summed E-state index contributed by atoms with van der Waals surface area (Å²) in [5.74, 6) is -5.93. The fraction of sp³-hybridized carbons (Fsp3) is 0.520. The van der Waals surface area contributed by atoms with Gasteiger partial charge in [0.25, 0.3) is 5.91 Å². The molecule has 1 saturated carbocycles. The molecule has 3 amide bonds. The van der Waals surface area contributed by atoms with E-state index in [1.54, 1.807) is 19.2 Å². The molecule has 6 N–H and O–H groups in total. The summed E-state index contributed by atoms with van der Waals surface area (Å²) in [5.41, 5.74) is 0.903. The molecule has 1 atom stereocenters. The van der Waals surface area contributed by atoms with E-state index in [4.69, 9.17) is 43.0 Å². The van der Waals surface area contributed by atoms with Crippen LogP contribution in [-0.2, 0) is 24.0 Å². The number of rotatable bonds is 10. The molecular weight excluding hydrogens is 681 g/mol. The lowest BCUT2D eigenvalue weighted by Gasteiger charge is -2.29. The number of nitrogens with one attached hydrogen (secondary N) is 4. The van der Waals surface area contributed by atoms with Crippen LogP contribution >= 0.6 is 23.2 Å². The number of guanidine groups is 1. The Balaban J connectivity index is 0.000000629. The Labute approximate surface area is 267 Å². The van der Waals surface area contributed by atoms with Gasteiger partial charge in [0.15, 0.2) is 0 Å². The minimum Gasteiger partial charge on any atom is -0.475 e. The van der Waals surface area contributed by atoms with Crippen molar-refractivity contribution in [1.82, 2.24) is 20.9 Å². The largest absolute Gasteiger partial charge is 0.490 e. The Morgan fingerprint density at radius 1 is 0.978 bits per heavy atom. The van der Waals surface area contributed by atoms with Gasteiger partial charge >= 0.3 is 24.3 Å². The monoisotopic (exact) mass is 710 g/mol. The Hall–Kier alpha value is -3.84. The molecule has 3 rings (SSSR count). The lowest BCUT2D eigenvalue weighted by molar-refractivity contribution is -0.193. The molecule has 0 bridgehead atoms. The second-order valence-electron chi connectivity index (χ2n) is 9.48. The van der Waals surface area contributed by atoms with Gasteiger partial charge in [0.2, 0.25) is 17.8 Å². The van der Waals surface area contributed by atoms with E-state index in [0.29, 0.717) is 16.6 Å². The number of aliphatic carboxylic acids is 2. The lowest BCUT2D eigenvalue weighted by atomic mass is 10.2. The Morgan fingerprint density at radius 3 is 2.02 bits per heavy atom. The number of carbonyl (C=O) groups excluding carboxylic acids is 3. The van der Waals surface area contributed by atoms with Gasteiger partial charge in [-0.05, 0) is 44.0 Å². The number of carbonyl (C=O) groups is 5. The fourth-order valence-electron chi connectivity index (χ4n) is 3.16. The van der Waals surface area contributed by atoms with Crippen LogP contribution < -0.4 is 21.3 Å². The topological polar surface area (TPSA) is 190 Å². The number of likely N-dealkylation sites (N-methyl/N-ethyl adjacent to an activating group) is 1. The molecule has 0 aromatic heterocycles. The molecule has 258 valence electrons. The molecule has 1 aromatic rings. The van der Waals surface area contributed by atoms with E-state index < -0.39 is 30.3 Å². The molecule has 1 heterocycles. The quantitative estimate of drug-likeness (QED) is 0.157. The fourth-order valence-corrected chi connectivity index (χ4v) is 3.45. The third kappa shape index (κ3) is 15.4. The SMILES string of the molecule is CN(C(=O)CCNCCCNc1ccc(Cl)c(Cl)c1)C1CN=C(NC(=O)C2CC2)NC1=O.O=C(O)C(F)(F)F.O=C(O)C(F)(F)F. The van der Waals surface area contributed by atoms with Crippen LogP contribution in [0.2, 0.25) is 10.0 Å². The van der Waals surface area contributed by atoms with Crippen molar-refractivity contribution in [2.45, 2.75) is 44.1 Å². The first-order valence-corrected chi connectivity index (χ1v) is 13.9. The summed E-state index contributed by atoms with van der Waals surface area (Å²) in [6, 6.07) is 4.71. The number of anilines is 1. The smallest absolute Gasteiger partial charge is 0.475 e. The zero-order chi connectivity index (χ0) is 35.2. The normalized spacial score (nSPS) is 15.9. The van der Waals surface area contributed by atoms with Crippen molar-refractivity contribution in [3.63, 3.8) is 0 Å². The van der Waals surface area contributed by atoms with Gasteiger partial charge in [-0.1, -0.05) is 23.2 Å². The first kappa shape index (κ1) is 40.2. The predicted molar refractivity (Wildman–Crippen MR) is 152 cm³/mol. The Morgan fingerprint density at radius 2 is 1.54 bits per heavy atom. The molecule has 2 aliphatic rings. The maximum absolute atomic E-state index is 12.4. The number of hydrogen-bond acceptors (Lipinski definition) is 8. The van der Waals surface area contributed by atoms with Crippen molar-refractivity contribution in [2.75, 3.05) is 38.5 Å². The summed E-state index contributed by atoms with van der Waals surface area (Å²) >= 11 is 11.9. The summed E-state index contributed by atoms with van der Waals surface area (Å²) < 4.78 is 63.5. The molecule has 21 heteroatoms. The van der Waals surface area contributed by atoms with E-state index in [0.717, 1.165) is 38.0 Å². The molecule has 0 saturated heterocycles. The van der Waals surface area contributed by atoms with E-state index in [-0.39, 0.29) is 42.6 Å². The highest BCUT2D eigenvalue weighted by molar-refractivity contribution is 6.42. The molecule has 1 aliphatic heterocycles. The summed E-state index contributed by atoms with van der Waals surface area (Å²) in [4.78, 5) is 60.0. The summed E-state index contributed by atoms with van der Waals surface area (Å²) in [6.07, 6.45) is -7.29. The molecule has 1 unspecified atom stereocenters. The molecular formula is C25H30Cl2F6N6O7. The van der Waals surface area contributed by atoms with Crippen LogP contribution in [0.4, 0.5) is 32.0 Å². The number of carboxylic acid groups (broad SMARTS) is 2.